The number of hydrogen-bond acceptors (Lipinski definition) is 6. The molecule has 1 saturated carbocycles. The van der Waals surface area contributed by atoms with Gasteiger partial charge in [-0.25, -0.2) is 4.79 Å². The third-order valence-electron chi connectivity index (χ3n) is 4.96. The Morgan fingerprint density at radius 1 is 1.25 bits per heavy atom. The molecule has 5 atom stereocenters. The van der Waals surface area contributed by atoms with Gasteiger partial charge in [0.05, 0.1) is 11.7 Å². The molecule has 0 radical (unpaired) electrons. The average molecular weight is 334 g/mol. The maximum atomic E-state index is 12.3. The maximum absolute atomic E-state index is 12.3. The second-order valence-corrected chi connectivity index (χ2v) is 7.06. The Balaban J connectivity index is 1.51. The van der Waals surface area contributed by atoms with Crippen molar-refractivity contribution in [3.8, 4) is 0 Å². The molecule has 4 rings (SSSR count). The van der Waals surface area contributed by atoms with E-state index in [-0.39, 0.29) is 24.3 Å². The van der Waals surface area contributed by atoms with E-state index in [4.69, 9.17) is 23.7 Å². The lowest BCUT2D eigenvalue weighted by Gasteiger charge is -2.26. The van der Waals surface area contributed by atoms with Crippen LogP contribution in [0.15, 0.2) is 30.3 Å². The van der Waals surface area contributed by atoms with Crippen LogP contribution in [0.4, 0.5) is 0 Å². The number of rotatable bonds is 3. The lowest BCUT2D eigenvalue weighted by Crippen LogP contribution is -2.43. The van der Waals surface area contributed by atoms with Gasteiger partial charge in [0.15, 0.2) is 12.1 Å². The van der Waals surface area contributed by atoms with Crippen LogP contribution in [0.2, 0.25) is 0 Å². The number of benzene rings is 1. The Bertz CT molecular complexity index is 630. The zero-order valence-corrected chi connectivity index (χ0v) is 14.1. The van der Waals surface area contributed by atoms with Gasteiger partial charge in [0, 0.05) is 20.0 Å². The van der Waals surface area contributed by atoms with Crippen molar-refractivity contribution in [2.45, 2.75) is 62.7 Å². The van der Waals surface area contributed by atoms with Crippen LogP contribution in [0.25, 0.3) is 0 Å². The zero-order valence-electron chi connectivity index (χ0n) is 14.1. The maximum Gasteiger partial charge on any atom is 0.338 e. The van der Waals surface area contributed by atoms with E-state index in [2.05, 4.69) is 0 Å². The minimum absolute atomic E-state index is 0.206. The van der Waals surface area contributed by atoms with E-state index < -0.39 is 17.7 Å². The smallest absolute Gasteiger partial charge is 0.338 e. The summed E-state index contributed by atoms with van der Waals surface area (Å²) in [5.74, 6) is -1.03. The minimum Gasteiger partial charge on any atom is -0.459 e. The summed E-state index contributed by atoms with van der Waals surface area (Å²) in [4.78, 5) is 12.3. The highest BCUT2D eigenvalue weighted by molar-refractivity contribution is 5.89. The van der Waals surface area contributed by atoms with Crippen molar-refractivity contribution in [1.29, 1.82) is 0 Å². The normalized spacial score (nSPS) is 39.5. The summed E-state index contributed by atoms with van der Waals surface area (Å²) in [6.07, 6.45) is -0.118. The topological polar surface area (TPSA) is 63.2 Å². The number of carbonyl (C=O) groups excluding carboxylic acids is 1. The largest absolute Gasteiger partial charge is 0.459 e. The van der Waals surface area contributed by atoms with Crippen molar-refractivity contribution in [2.24, 2.45) is 0 Å². The van der Waals surface area contributed by atoms with Gasteiger partial charge in [-0.05, 0) is 26.0 Å². The van der Waals surface area contributed by atoms with Gasteiger partial charge >= 0.3 is 5.97 Å². The molecule has 24 heavy (non-hydrogen) atoms. The van der Waals surface area contributed by atoms with E-state index >= 15 is 0 Å². The average Bonchev–Trinajstić information content (AvgIpc) is 3.09. The van der Waals surface area contributed by atoms with Gasteiger partial charge in [0.2, 0.25) is 0 Å². The molecule has 2 aliphatic heterocycles. The zero-order chi connectivity index (χ0) is 16.9. The third-order valence-corrected chi connectivity index (χ3v) is 4.96. The quantitative estimate of drug-likeness (QED) is 0.790. The van der Waals surface area contributed by atoms with Crippen LogP contribution in [-0.2, 0) is 23.7 Å². The first-order valence-electron chi connectivity index (χ1n) is 8.26. The Labute approximate surface area is 141 Å². The molecule has 1 aromatic carbocycles. The molecule has 1 spiro atoms. The molecule has 0 aromatic heterocycles. The third kappa shape index (κ3) is 2.45. The Hall–Kier alpha value is -1.47. The summed E-state index contributed by atoms with van der Waals surface area (Å²) in [5.41, 5.74) is -0.0746. The fourth-order valence-electron chi connectivity index (χ4n) is 4.11. The molecule has 4 unspecified atom stereocenters. The van der Waals surface area contributed by atoms with Gasteiger partial charge in [-0.15, -0.1) is 0 Å². The molecule has 3 fully saturated rings. The van der Waals surface area contributed by atoms with Gasteiger partial charge < -0.3 is 23.7 Å². The number of hydrogen-bond donors (Lipinski definition) is 0. The monoisotopic (exact) mass is 334 g/mol. The number of methoxy groups -OCH3 is 1. The van der Waals surface area contributed by atoms with E-state index in [1.807, 2.05) is 32.0 Å². The summed E-state index contributed by atoms with van der Waals surface area (Å²) >= 11 is 0. The van der Waals surface area contributed by atoms with Gasteiger partial charge in [0.1, 0.15) is 17.8 Å². The fraction of sp³-hybridized carbons (Fsp3) is 0.611. The summed E-state index contributed by atoms with van der Waals surface area (Å²) in [5, 5.41) is 0. The fourth-order valence-corrected chi connectivity index (χ4v) is 4.11. The van der Waals surface area contributed by atoms with Crippen molar-refractivity contribution >= 4 is 5.97 Å². The highest BCUT2D eigenvalue weighted by Crippen LogP contribution is 2.54. The first kappa shape index (κ1) is 16.0. The van der Waals surface area contributed by atoms with Gasteiger partial charge in [-0.2, -0.15) is 0 Å². The van der Waals surface area contributed by atoms with E-state index in [0.29, 0.717) is 18.4 Å². The predicted molar refractivity (Wildman–Crippen MR) is 83.3 cm³/mol. The first-order chi connectivity index (χ1) is 11.4. The summed E-state index contributed by atoms with van der Waals surface area (Å²) in [6.45, 7) is 3.76. The molecule has 1 aliphatic carbocycles. The highest BCUT2D eigenvalue weighted by Gasteiger charge is 2.70. The van der Waals surface area contributed by atoms with Crippen LogP contribution in [0.3, 0.4) is 0 Å². The number of esters is 1. The molecule has 0 N–H and O–H groups in total. The molecule has 0 bridgehead atoms. The lowest BCUT2D eigenvalue weighted by molar-refractivity contribution is -0.232. The van der Waals surface area contributed by atoms with E-state index in [0.717, 1.165) is 0 Å². The minimum atomic E-state index is -0.707. The summed E-state index contributed by atoms with van der Waals surface area (Å²) < 4.78 is 29.2. The van der Waals surface area contributed by atoms with E-state index in [9.17, 15) is 4.79 Å². The molecule has 6 heteroatoms. The van der Waals surface area contributed by atoms with E-state index in [1.165, 1.54) is 0 Å². The highest BCUT2D eigenvalue weighted by atomic mass is 16.8. The second-order valence-electron chi connectivity index (χ2n) is 7.06. The molecule has 3 aliphatic rings. The van der Waals surface area contributed by atoms with E-state index in [1.54, 1.807) is 19.2 Å². The molecular weight excluding hydrogens is 312 g/mol. The molecule has 1 aromatic rings. The number of carbonyl (C=O) groups is 1. The Kier molecular flexibility index (Phi) is 3.69. The van der Waals surface area contributed by atoms with Crippen molar-refractivity contribution in [2.75, 3.05) is 7.11 Å². The summed E-state index contributed by atoms with van der Waals surface area (Å²) in [6, 6.07) is 8.99. The summed E-state index contributed by atoms with van der Waals surface area (Å²) in [7, 11) is 1.60. The second kappa shape index (κ2) is 5.52. The van der Waals surface area contributed by atoms with Crippen molar-refractivity contribution in [3.05, 3.63) is 35.9 Å². The number of ether oxygens (including phenoxy) is 5. The molecule has 0 amide bonds. The molecule has 2 heterocycles. The predicted octanol–water partition coefficient (Wildman–Crippen LogP) is 2.27. The van der Waals surface area contributed by atoms with Crippen LogP contribution in [0.1, 0.15) is 37.0 Å². The van der Waals surface area contributed by atoms with Crippen LogP contribution in [0, 0.1) is 0 Å². The first-order valence-corrected chi connectivity index (χ1v) is 8.26. The van der Waals surface area contributed by atoms with Crippen LogP contribution in [-0.4, -0.2) is 49.1 Å². The van der Waals surface area contributed by atoms with Crippen molar-refractivity contribution < 1.29 is 28.5 Å². The molecule has 6 nitrogen and oxygen atoms in total. The van der Waals surface area contributed by atoms with Gasteiger partial charge in [-0.3, -0.25) is 0 Å². The molecule has 130 valence electrons. The molecular formula is C18H22O6. The lowest BCUT2D eigenvalue weighted by atomic mass is 9.95. The van der Waals surface area contributed by atoms with Crippen LogP contribution >= 0.6 is 0 Å². The Morgan fingerprint density at radius 3 is 2.71 bits per heavy atom. The van der Waals surface area contributed by atoms with Gasteiger partial charge in [-0.1, -0.05) is 18.2 Å². The van der Waals surface area contributed by atoms with Crippen molar-refractivity contribution in [3.63, 3.8) is 0 Å². The van der Waals surface area contributed by atoms with Gasteiger partial charge in [0.25, 0.3) is 0 Å². The van der Waals surface area contributed by atoms with Crippen LogP contribution < -0.4 is 0 Å². The van der Waals surface area contributed by atoms with Crippen molar-refractivity contribution in [1.82, 2.24) is 0 Å². The molecule has 2 saturated heterocycles. The Morgan fingerprint density at radius 2 is 2.00 bits per heavy atom. The van der Waals surface area contributed by atoms with Crippen LogP contribution in [0.5, 0.6) is 0 Å². The standard InChI is InChI=1S/C18H22O6/c1-17(2)23-14-16(20-3)22-13-9-12(10-18(13,14)24-17)21-15(19)11-7-5-4-6-8-11/h4-8,12-14,16H,9-10H2,1-3H3/t12-,13?,14?,16?,18?/m0/s1. The SMILES string of the molecule is COC1OC2C[C@H](OC(=O)c3ccccc3)CC23OC(C)(C)OC13.